The Kier molecular flexibility index (Phi) is 4.59. The number of aryl methyl sites for hydroxylation is 2. The van der Waals surface area contributed by atoms with Crippen LogP contribution >= 0.6 is 0 Å². The maximum absolute atomic E-state index is 4.81. The van der Waals surface area contributed by atoms with Gasteiger partial charge in [0.25, 0.3) is 0 Å². The van der Waals surface area contributed by atoms with Crippen LogP contribution in [-0.4, -0.2) is 24.1 Å². The molecule has 104 valence electrons. The van der Waals surface area contributed by atoms with Crippen molar-refractivity contribution in [2.45, 2.75) is 46.2 Å². The van der Waals surface area contributed by atoms with E-state index in [1.807, 2.05) is 6.08 Å². The fraction of sp³-hybridized carbons (Fsp3) is 0.562. The van der Waals surface area contributed by atoms with Crippen molar-refractivity contribution < 1.29 is 0 Å². The highest BCUT2D eigenvalue weighted by Gasteiger charge is 2.30. The van der Waals surface area contributed by atoms with Gasteiger partial charge in [0.05, 0.1) is 0 Å². The first-order valence-electron chi connectivity index (χ1n) is 7.22. The van der Waals surface area contributed by atoms with Crippen LogP contribution in [0.25, 0.3) is 0 Å². The predicted octanol–water partition coefficient (Wildman–Crippen LogP) is 2.96. The monoisotopic (exact) mass is 259 g/mol. The van der Waals surface area contributed by atoms with Gasteiger partial charge in [0.2, 0.25) is 0 Å². The first-order chi connectivity index (χ1) is 9.17. The van der Waals surface area contributed by atoms with Crippen molar-refractivity contribution in [3.05, 3.63) is 35.5 Å². The number of rotatable bonds is 7. The lowest BCUT2D eigenvalue weighted by Gasteiger charge is -2.26. The molecular weight excluding hydrogens is 234 g/mol. The number of nitrogens with zero attached hydrogens (tertiary/aromatic N) is 2. The van der Waals surface area contributed by atoms with Crippen LogP contribution in [0.3, 0.4) is 0 Å². The molecule has 3 heteroatoms. The van der Waals surface area contributed by atoms with Gasteiger partial charge in [-0.05, 0) is 44.9 Å². The van der Waals surface area contributed by atoms with Crippen molar-refractivity contribution in [3.8, 4) is 0 Å². The molecule has 1 saturated carbocycles. The van der Waals surface area contributed by atoms with Crippen LogP contribution in [-0.2, 0) is 6.54 Å². The summed E-state index contributed by atoms with van der Waals surface area (Å²) in [7, 11) is 0. The molecule has 1 aromatic heterocycles. The Bertz CT molecular complexity index is 450. The van der Waals surface area contributed by atoms with E-state index >= 15 is 0 Å². The minimum absolute atomic E-state index is 0.659. The van der Waals surface area contributed by atoms with Gasteiger partial charge in [-0.15, -0.1) is 6.58 Å². The molecule has 0 saturated heterocycles. The Balaban J connectivity index is 2.36. The van der Waals surface area contributed by atoms with Crippen LogP contribution in [0.2, 0.25) is 0 Å². The van der Waals surface area contributed by atoms with Gasteiger partial charge in [0.15, 0.2) is 0 Å². The molecule has 1 N–H and O–H groups in total. The van der Waals surface area contributed by atoms with Crippen molar-refractivity contribution >= 4 is 5.82 Å². The fourth-order valence-electron chi connectivity index (χ4n) is 2.48. The summed E-state index contributed by atoms with van der Waals surface area (Å²) in [5.74, 6) is 1.15. The Morgan fingerprint density at radius 1 is 1.47 bits per heavy atom. The van der Waals surface area contributed by atoms with Gasteiger partial charge in [-0.25, -0.2) is 4.98 Å². The van der Waals surface area contributed by atoms with Gasteiger partial charge in [-0.3, -0.25) is 0 Å². The number of hydrogen-bond acceptors (Lipinski definition) is 3. The maximum Gasteiger partial charge on any atom is 0.134 e. The third kappa shape index (κ3) is 3.35. The van der Waals surface area contributed by atoms with E-state index in [0.29, 0.717) is 6.04 Å². The number of pyridine rings is 1. The van der Waals surface area contributed by atoms with Gasteiger partial charge in [-0.1, -0.05) is 13.0 Å². The molecule has 0 aromatic carbocycles. The Hall–Kier alpha value is -1.35. The number of aromatic nitrogens is 1. The average Bonchev–Trinajstić information content (AvgIpc) is 3.18. The standard InChI is InChI=1S/C16H25N3/c1-5-9-19(14-7-8-14)16-15(11-17-6-2)12(3)10-13(4)18-16/h5,10,14,17H,1,6-9,11H2,2-4H3. The molecule has 0 radical (unpaired) electrons. The molecule has 0 atom stereocenters. The second kappa shape index (κ2) is 6.20. The second-order valence-corrected chi connectivity index (χ2v) is 5.34. The Morgan fingerprint density at radius 3 is 2.79 bits per heavy atom. The summed E-state index contributed by atoms with van der Waals surface area (Å²) in [5, 5.41) is 3.43. The van der Waals surface area contributed by atoms with Crippen LogP contribution in [0, 0.1) is 13.8 Å². The summed E-state index contributed by atoms with van der Waals surface area (Å²) in [4.78, 5) is 7.22. The summed E-state index contributed by atoms with van der Waals surface area (Å²) < 4.78 is 0. The van der Waals surface area contributed by atoms with E-state index in [1.165, 1.54) is 24.0 Å². The van der Waals surface area contributed by atoms with Gasteiger partial charge in [-0.2, -0.15) is 0 Å². The molecule has 1 aliphatic carbocycles. The molecule has 0 bridgehead atoms. The molecule has 0 aliphatic heterocycles. The minimum atomic E-state index is 0.659. The van der Waals surface area contributed by atoms with Gasteiger partial charge < -0.3 is 10.2 Å². The van der Waals surface area contributed by atoms with Gasteiger partial charge in [0.1, 0.15) is 5.82 Å². The van der Waals surface area contributed by atoms with Gasteiger partial charge >= 0.3 is 0 Å². The largest absolute Gasteiger partial charge is 0.350 e. The highest BCUT2D eigenvalue weighted by atomic mass is 15.2. The normalized spacial score (nSPS) is 14.5. The van der Waals surface area contributed by atoms with Crippen LogP contribution in [0.4, 0.5) is 5.82 Å². The fourth-order valence-corrected chi connectivity index (χ4v) is 2.48. The molecule has 0 amide bonds. The van der Waals surface area contributed by atoms with Crippen molar-refractivity contribution in [3.63, 3.8) is 0 Å². The summed E-state index contributed by atoms with van der Waals surface area (Å²) in [6.07, 6.45) is 4.54. The van der Waals surface area contributed by atoms with E-state index in [1.54, 1.807) is 0 Å². The third-order valence-corrected chi connectivity index (χ3v) is 3.59. The van der Waals surface area contributed by atoms with Crippen LogP contribution < -0.4 is 10.2 Å². The maximum atomic E-state index is 4.81. The number of nitrogens with one attached hydrogen (secondary N) is 1. The van der Waals surface area contributed by atoms with Crippen molar-refractivity contribution in [1.82, 2.24) is 10.3 Å². The van der Waals surface area contributed by atoms with E-state index in [9.17, 15) is 0 Å². The molecule has 1 heterocycles. The molecule has 0 unspecified atom stereocenters. The van der Waals surface area contributed by atoms with Crippen molar-refractivity contribution in [2.75, 3.05) is 18.0 Å². The molecule has 1 aliphatic rings. The van der Waals surface area contributed by atoms with Crippen molar-refractivity contribution in [2.24, 2.45) is 0 Å². The van der Waals surface area contributed by atoms with Crippen LogP contribution in [0.15, 0.2) is 18.7 Å². The zero-order valence-corrected chi connectivity index (χ0v) is 12.4. The molecule has 1 fully saturated rings. The second-order valence-electron chi connectivity index (χ2n) is 5.34. The highest BCUT2D eigenvalue weighted by molar-refractivity contribution is 5.53. The molecule has 19 heavy (non-hydrogen) atoms. The Morgan fingerprint density at radius 2 is 2.21 bits per heavy atom. The predicted molar refractivity (Wildman–Crippen MR) is 81.7 cm³/mol. The first kappa shape index (κ1) is 14.1. The average molecular weight is 259 g/mol. The Labute approximate surface area is 116 Å². The summed E-state index contributed by atoms with van der Waals surface area (Å²) >= 11 is 0. The summed E-state index contributed by atoms with van der Waals surface area (Å²) in [6, 6.07) is 2.84. The number of hydrogen-bond donors (Lipinski definition) is 1. The van der Waals surface area contributed by atoms with E-state index in [2.05, 4.69) is 43.6 Å². The number of anilines is 1. The zero-order valence-electron chi connectivity index (χ0n) is 12.4. The quantitative estimate of drug-likeness (QED) is 0.763. The smallest absolute Gasteiger partial charge is 0.134 e. The lowest BCUT2D eigenvalue weighted by Crippen LogP contribution is -2.29. The molecule has 0 spiro atoms. The van der Waals surface area contributed by atoms with E-state index in [-0.39, 0.29) is 0 Å². The zero-order chi connectivity index (χ0) is 13.8. The highest BCUT2D eigenvalue weighted by Crippen LogP contribution is 2.33. The SMILES string of the molecule is C=CCN(c1nc(C)cc(C)c1CNCC)C1CC1. The summed E-state index contributed by atoms with van der Waals surface area (Å²) in [6.45, 7) is 13.1. The topological polar surface area (TPSA) is 28.2 Å². The minimum Gasteiger partial charge on any atom is -0.350 e. The van der Waals surface area contributed by atoms with E-state index in [0.717, 1.165) is 31.1 Å². The van der Waals surface area contributed by atoms with Crippen molar-refractivity contribution in [1.29, 1.82) is 0 Å². The molecule has 1 aromatic rings. The summed E-state index contributed by atoms with van der Waals surface area (Å²) in [5.41, 5.74) is 3.77. The van der Waals surface area contributed by atoms with E-state index < -0.39 is 0 Å². The third-order valence-electron chi connectivity index (χ3n) is 3.59. The van der Waals surface area contributed by atoms with Crippen LogP contribution in [0.5, 0.6) is 0 Å². The van der Waals surface area contributed by atoms with Crippen LogP contribution in [0.1, 0.15) is 36.6 Å². The van der Waals surface area contributed by atoms with Gasteiger partial charge in [0, 0.05) is 30.4 Å². The molecule has 2 rings (SSSR count). The molecular formula is C16H25N3. The lowest BCUT2D eigenvalue weighted by atomic mass is 10.1. The van der Waals surface area contributed by atoms with E-state index in [4.69, 9.17) is 4.98 Å². The first-order valence-corrected chi connectivity index (χ1v) is 7.22. The molecule has 3 nitrogen and oxygen atoms in total. The lowest BCUT2D eigenvalue weighted by molar-refractivity contribution is 0.711.